The molecule has 0 aliphatic carbocycles. The molecule has 1 rings (SSSR count). The first kappa shape index (κ1) is 12.5. The molecule has 1 heterocycles. The van der Waals surface area contributed by atoms with Crippen LogP contribution in [0.25, 0.3) is 0 Å². The van der Waals surface area contributed by atoms with Gasteiger partial charge in [-0.05, 0) is 13.0 Å². The lowest BCUT2D eigenvalue weighted by Gasteiger charge is -2.02. The molecule has 3 nitrogen and oxygen atoms in total. The van der Waals surface area contributed by atoms with Crippen molar-refractivity contribution in [1.29, 1.82) is 0 Å². The summed E-state index contributed by atoms with van der Waals surface area (Å²) in [5.74, 6) is 0. The number of aromatic amines is 1. The summed E-state index contributed by atoms with van der Waals surface area (Å²) < 4.78 is 0. The predicted molar refractivity (Wildman–Crippen MR) is 65.4 cm³/mol. The molecule has 0 aliphatic heterocycles. The van der Waals surface area contributed by atoms with Gasteiger partial charge < -0.3 is 10.3 Å². The maximum Gasteiger partial charge on any atom is 0.304 e. The average molecular weight is 228 g/mol. The van der Waals surface area contributed by atoms with E-state index in [0.717, 1.165) is 18.8 Å². The van der Waals surface area contributed by atoms with Crippen LogP contribution in [0.4, 0.5) is 0 Å². The van der Waals surface area contributed by atoms with Gasteiger partial charge in [-0.15, -0.1) is 0 Å². The molecule has 0 atom stereocenters. The third kappa shape index (κ3) is 5.74. The molecule has 1 aromatic heterocycles. The summed E-state index contributed by atoms with van der Waals surface area (Å²) in [7, 11) is 0. The van der Waals surface area contributed by atoms with E-state index in [0.29, 0.717) is 0 Å². The van der Waals surface area contributed by atoms with Crippen molar-refractivity contribution >= 4 is 11.3 Å². The van der Waals surface area contributed by atoms with Crippen LogP contribution >= 0.6 is 11.3 Å². The Bertz CT molecular complexity index is 306. The van der Waals surface area contributed by atoms with Gasteiger partial charge in [-0.25, -0.2) is 0 Å². The maximum absolute atomic E-state index is 10.8. The number of hydrogen-bond donors (Lipinski definition) is 2. The topological polar surface area (TPSA) is 44.9 Å². The minimum atomic E-state index is 0.0368. The minimum Gasteiger partial charge on any atom is -0.315 e. The first-order chi connectivity index (χ1) is 7.33. The van der Waals surface area contributed by atoms with E-state index in [-0.39, 0.29) is 4.87 Å². The van der Waals surface area contributed by atoms with Gasteiger partial charge in [-0.1, -0.05) is 43.9 Å². The molecular weight excluding hydrogens is 208 g/mol. The van der Waals surface area contributed by atoms with E-state index in [2.05, 4.69) is 17.2 Å². The third-order valence-corrected chi connectivity index (χ3v) is 3.06. The van der Waals surface area contributed by atoms with E-state index < -0.39 is 0 Å². The van der Waals surface area contributed by atoms with Crippen molar-refractivity contribution in [3.05, 3.63) is 20.7 Å². The van der Waals surface area contributed by atoms with E-state index in [1.54, 1.807) is 0 Å². The highest BCUT2D eigenvalue weighted by molar-refractivity contribution is 7.07. The summed E-state index contributed by atoms with van der Waals surface area (Å²) in [5, 5.41) is 5.21. The van der Waals surface area contributed by atoms with Gasteiger partial charge >= 0.3 is 4.87 Å². The van der Waals surface area contributed by atoms with E-state index in [1.165, 1.54) is 43.4 Å². The molecule has 86 valence electrons. The summed E-state index contributed by atoms with van der Waals surface area (Å²) in [6.45, 7) is 4.05. The van der Waals surface area contributed by atoms with Crippen LogP contribution in [0.15, 0.2) is 10.2 Å². The van der Waals surface area contributed by atoms with Crippen molar-refractivity contribution in [2.75, 3.05) is 6.54 Å². The monoisotopic (exact) mass is 228 g/mol. The number of hydrogen-bond acceptors (Lipinski definition) is 3. The molecule has 0 aliphatic rings. The SMILES string of the molecule is CCCCCCCNCc1csc(=O)[nH]1. The maximum atomic E-state index is 10.8. The van der Waals surface area contributed by atoms with Gasteiger partial charge in [-0.3, -0.25) is 4.79 Å². The van der Waals surface area contributed by atoms with Crippen LogP contribution in [0, 0.1) is 0 Å². The van der Waals surface area contributed by atoms with Crippen molar-refractivity contribution in [1.82, 2.24) is 10.3 Å². The fourth-order valence-corrected chi connectivity index (χ4v) is 2.06. The normalized spacial score (nSPS) is 10.7. The second-order valence-corrected chi connectivity index (χ2v) is 4.61. The molecule has 0 fully saturated rings. The Balaban J connectivity index is 1.95. The summed E-state index contributed by atoms with van der Waals surface area (Å²) in [4.78, 5) is 13.7. The first-order valence-corrected chi connectivity index (χ1v) is 6.58. The van der Waals surface area contributed by atoms with Crippen LogP contribution in [0.3, 0.4) is 0 Å². The van der Waals surface area contributed by atoms with E-state index >= 15 is 0 Å². The first-order valence-electron chi connectivity index (χ1n) is 5.70. The Morgan fingerprint density at radius 2 is 2.13 bits per heavy atom. The highest BCUT2D eigenvalue weighted by Gasteiger charge is 1.95. The number of H-pyrrole nitrogens is 1. The van der Waals surface area contributed by atoms with Crippen LogP contribution in [0.1, 0.15) is 44.7 Å². The van der Waals surface area contributed by atoms with Crippen molar-refractivity contribution in [2.24, 2.45) is 0 Å². The highest BCUT2D eigenvalue weighted by atomic mass is 32.1. The van der Waals surface area contributed by atoms with Crippen LogP contribution < -0.4 is 10.2 Å². The largest absolute Gasteiger partial charge is 0.315 e. The fraction of sp³-hybridized carbons (Fsp3) is 0.727. The highest BCUT2D eigenvalue weighted by Crippen LogP contribution is 2.01. The van der Waals surface area contributed by atoms with Crippen molar-refractivity contribution in [3.63, 3.8) is 0 Å². The van der Waals surface area contributed by atoms with Gasteiger partial charge in [-0.2, -0.15) is 0 Å². The number of aromatic nitrogens is 1. The lowest BCUT2D eigenvalue weighted by atomic mass is 10.1. The van der Waals surface area contributed by atoms with Crippen LogP contribution in [0.5, 0.6) is 0 Å². The number of nitrogens with one attached hydrogen (secondary N) is 2. The van der Waals surface area contributed by atoms with Gasteiger partial charge in [0.05, 0.1) is 0 Å². The molecule has 1 aromatic rings. The molecule has 0 saturated carbocycles. The Labute approximate surface area is 94.9 Å². The lowest BCUT2D eigenvalue weighted by Crippen LogP contribution is -2.15. The Morgan fingerprint density at radius 1 is 1.33 bits per heavy atom. The molecule has 0 radical (unpaired) electrons. The third-order valence-electron chi connectivity index (χ3n) is 2.34. The zero-order valence-corrected chi connectivity index (χ0v) is 10.2. The van der Waals surface area contributed by atoms with Gasteiger partial charge in [0.1, 0.15) is 0 Å². The average Bonchev–Trinajstić information content (AvgIpc) is 2.63. The van der Waals surface area contributed by atoms with Gasteiger partial charge in [0.15, 0.2) is 0 Å². The van der Waals surface area contributed by atoms with Gasteiger partial charge in [0, 0.05) is 17.6 Å². The van der Waals surface area contributed by atoms with Crippen molar-refractivity contribution in [3.8, 4) is 0 Å². The quantitative estimate of drug-likeness (QED) is 0.671. The van der Waals surface area contributed by atoms with E-state index in [1.807, 2.05) is 5.38 Å². The molecule has 0 saturated heterocycles. The molecule has 2 N–H and O–H groups in total. The molecule has 0 unspecified atom stereocenters. The van der Waals surface area contributed by atoms with Crippen molar-refractivity contribution in [2.45, 2.75) is 45.6 Å². The molecule has 15 heavy (non-hydrogen) atoms. The summed E-state index contributed by atoms with van der Waals surface area (Å²) in [6.07, 6.45) is 6.52. The molecule has 4 heteroatoms. The molecule has 0 bridgehead atoms. The smallest absolute Gasteiger partial charge is 0.304 e. The number of rotatable bonds is 8. The molecule has 0 spiro atoms. The Kier molecular flexibility index (Phi) is 6.36. The standard InChI is InChI=1S/C11H20N2OS/c1-2-3-4-5-6-7-12-8-10-9-15-11(14)13-10/h9,12H,2-8H2,1H3,(H,13,14). The van der Waals surface area contributed by atoms with Gasteiger partial charge in [0.2, 0.25) is 0 Å². The minimum absolute atomic E-state index is 0.0368. The Hall–Kier alpha value is -0.610. The van der Waals surface area contributed by atoms with Crippen LogP contribution in [0.2, 0.25) is 0 Å². The number of thiazole rings is 1. The summed E-state index contributed by atoms with van der Waals surface area (Å²) >= 11 is 1.23. The van der Waals surface area contributed by atoms with Crippen molar-refractivity contribution < 1.29 is 0 Å². The number of unbranched alkanes of at least 4 members (excludes halogenated alkanes) is 4. The van der Waals surface area contributed by atoms with E-state index in [9.17, 15) is 4.79 Å². The zero-order valence-electron chi connectivity index (χ0n) is 9.34. The van der Waals surface area contributed by atoms with Crippen LogP contribution in [-0.4, -0.2) is 11.5 Å². The molecule has 0 amide bonds. The van der Waals surface area contributed by atoms with E-state index in [4.69, 9.17) is 0 Å². The lowest BCUT2D eigenvalue weighted by molar-refractivity contribution is 0.580. The second-order valence-electron chi connectivity index (χ2n) is 3.76. The second kappa shape index (κ2) is 7.65. The summed E-state index contributed by atoms with van der Waals surface area (Å²) in [5.41, 5.74) is 0.999. The molecule has 0 aromatic carbocycles. The van der Waals surface area contributed by atoms with Crippen LogP contribution in [-0.2, 0) is 6.54 Å². The van der Waals surface area contributed by atoms with Gasteiger partial charge in [0.25, 0.3) is 0 Å². The zero-order chi connectivity index (χ0) is 10.9. The summed E-state index contributed by atoms with van der Waals surface area (Å²) in [6, 6.07) is 0. The Morgan fingerprint density at radius 3 is 2.80 bits per heavy atom. The predicted octanol–water partition coefficient (Wildman–Crippen LogP) is 2.50. The fourth-order valence-electron chi connectivity index (χ4n) is 1.48. The molecular formula is C11H20N2OS.